The number of fused-ring (bicyclic) bond motifs is 1. The van der Waals surface area contributed by atoms with E-state index in [1.807, 2.05) is 0 Å². The van der Waals surface area contributed by atoms with Crippen LogP contribution in [0.4, 0.5) is 0 Å². The Morgan fingerprint density at radius 2 is 2.39 bits per heavy atom. The fourth-order valence-electron chi connectivity index (χ4n) is 2.55. The molecule has 3 N–H and O–H groups in total. The minimum Gasteiger partial charge on any atom is -0.365 e. The summed E-state index contributed by atoms with van der Waals surface area (Å²) in [5.41, 5.74) is 7.08. The summed E-state index contributed by atoms with van der Waals surface area (Å²) in [6.07, 6.45) is 5.38. The van der Waals surface area contributed by atoms with Gasteiger partial charge in [0, 0.05) is 6.20 Å². The summed E-state index contributed by atoms with van der Waals surface area (Å²) < 4.78 is 0. The van der Waals surface area contributed by atoms with E-state index in [1.165, 1.54) is 12.6 Å². The van der Waals surface area contributed by atoms with E-state index in [4.69, 9.17) is 5.73 Å². The van der Waals surface area contributed by atoms with E-state index in [1.54, 1.807) is 6.20 Å². The zero-order valence-corrected chi connectivity index (χ0v) is 10.2. The van der Waals surface area contributed by atoms with Gasteiger partial charge in [-0.2, -0.15) is 0 Å². The van der Waals surface area contributed by atoms with Gasteiger partial charge < -0.3 is 10.7 Å². The molecule has 1 aliphatic rings. The molecule has 6 nitrogen and oxygen atoms in total. The van der Waals surface area contributed by atoms with Gasteiger partial charge in [-0.25, -0.2) is 4.98 Å². The first-order valence-corrected chi connectivity index (χ1v) is 6.00. The number of hydrogen-bond acceptors (Lipinski definition) is 4. The van der Waals surface area contributed by atoms with Crippen molar-refractivity contribution in [2.24, 2.45) is 5.73 Å². The predicted molar refractivity (Wildman–Crippen MR) is 67.0 cm³/mol. The van der Waals surface area contributed by atoms with Crippen molar-refractivity contribution >= 4 is 16.9 Å². The van der Waals surface area contributed by atoms with Crippen LogP contribution < -0.4 is 5.73 Å². The number of aromatic nitrogens is 3. The lowest BCUT2D eigenvalue weighted by atomic mass is 10.2. The van der Waals surface area contributed by atoms with Crippen LogP contribution in [0.3, 0.4) is 0 Å². The minimum absolute atomic E-state index is 0.290. The lowest BCUT2D eigenvalue weighted by Gasteiger charge is -2.16. The fraction of sp³-hybridized carbons (Fsp3) is 0.417. The number of amides is 1. The summed E-state index contributed by atoms with van der Waals surface area (Å²) in [4.78, 5) is 25.4. The van der Waals surface area contributed by atoms with Gasteiger partial charge in [-0.3, -0.25) is 14.7 Å². The van der Waals surface area contributed by atoms with Gasteiger partial charge in [0.1, 0.15) is 11.3 Å². The van der Waals surface area contributed by atoms with Gasteiger partial charge in [0.2, 0.25) is 0 Å². The van der Waals surface area contributed by atoms with Crippen LogP contribution in [0.1, 0.15) is 35.1 Å². The molecule has 3 rings (SSSR count). The highest BCUT2D eigenvalue weighted by Crippen LogP contribution is 2.30. The zero-order valence-electron chi connectivity index (χ0n) is 10.2. The molecular weight excluding hydrogens is 230 g/mol. The molecule has 2 aromatic heterocycles. The molecule has 18 heavy (non-hydrogen) atoms. The third-order valence-electron chi connectivity index (χ3n) is 3.51. The van der Waals surface area contributed by atoms with Crippen molar-refractivity contribution in [1.82, 2.24) is 19.9 Å². The third-order valence-corrected chi connectivity index (χ3v) is 3.51. The average Bonchev–Trinajstić information content (AvgIpc) is 2.92. The van der Waals surface area contributed by atoms with Gasteiger partial charge in [0.15, 0.2) is 0 Å². The maximum Gasteiger partial charge on any atom is 0.252 e. The van der Waals surface area contributed by atoms with Crippen molar-refractivity contribution < 1.29 is 4.79 Å². The molecule has 1 atom stereocenters. The van der Waals surface area contributed by atoms with Gasteiger partial charge in [-0.15, -0.1) is 0 Å². The van der Waals surface area contributed by atoms with Gasteiger partial charge in [-0.05, 0) is 26.4 Å². The van der Waals surface area contributed by atoms with Crippen molar-refractivity contribution in [3.63, 3.8) is 0 Å². The van der Waals surface area contributed by atoms with Crippen LogP contribution in [0.5, 0.6) is 0 Å². The number of H-pyrrole nitrogens is 1. The largest absolute Gasteiger partial charge is 0.365 e. The van der Waals surface area contributed by atoms with Crippen LogP contribution >= 0.6 is 0 Å². The normalized spacial score (nSPS) is 20.6. The number of nitrogens with one attached hydrogen (secondary N) is 1. The molecule has 1 fully saturated rings. The van der Waals surface area contributed by atoms with Crippen molar-refractivity contribution in [2.45, 2.75) is 18.9 Å². The van der Waals surface area contributed by atoms with E-state index in [2.05, 4.69) is 26.9 Å². The minimum atomic E-state index is -0.495. The molecule has 0 spiro atoms. The molecule has 1 amide bonds. The Morgan fingerprint density at radius 3 is 3.06 bits per heavy atom. The van der Waals surface area contributed by atoms with E-state index >= 15 is 0 Å². The second-order valence-corrected chi connectivity index (χ2v) is 4.71. The number of pyridine rings is 1. The maximum absolute atomic E-state index is 11.3. The number of carbonyl (C=O) groups is 1. The first-order chi connectivity index (χ1) is 8.66. The van der Waals surface area contributed by atoms with Crippen molar-refractivity contribution in [3.05, 3.63) is 23.8 Å². The Kier molecular flexibility index (Phi) is 2.52. The highest BCUT2D eigenvalue weighted by Gasteiger charge is 2.26. The molecule has 0 bridgehead atoms. The second kappa shape index (κ2) is 4.06. The summed E-state index contributed by atoms with van der Waals surface area (Å²) in [7, 11) is 2.08. The number of likely N-dealkylation sites (tertiary alicyclic amines) is 1. The van der Waals surface area contributed by atoms with Crippen LogP contribution in [0, 0.1) is 0 Å². The lowest BCUT2D eigenvalue weighted by Crippen LogP contribution is -2.18. The highest BCUT2D eigenvalue weighted by molar-refractivity contribution is 6.03. The fourth-order valence-corrected chi connectivity index (χ4v) is 2.55. The molecule has 2 aromatic rings. The smallest absolute Gasteiger partial charge is 0.252 e. The maximum atomic E-state index is 11.3. The van der Waals surface area contributed by atoms with Crippen molar-refractivity contribution in [3.8, 4) is 0 Å². The van der Waals surface area contributed by atoms with E-state index in [0.29, 0.717) is 11.1 Å². The van der Waals surface area contributed by atoms with E-state index in [0.717, 1.165) is 24.3 Å². The first kappa shape index (κ1) is 11.2. The van der Waals surface area contributed by atoms with Crippen molar-refractivity contribution in [1.29, 1.82) is 0 Å². The van der Waals surface area contributed by atoms with E-state index in [-0.39, 0.29) is 6.04 Å². The van der Waals surface area contributed by atoms with E-state index in [9.17, 15) is 4.79 Å². The topological polar surface area (TPSA) is 87.9 Å². The Labute approximate surface area is 104 Å². The summed E-state index contributed by atoms with van der Waals surface area (Å²) in [6.45, 7) is 1.07. The molecule has 0 saturated carbocycles. The molecule has 0 aromatic carbocycles. The Morgan fingerprint density at radius 1 is 1.56 bits per heavy atom. The average molecular weight is 245 g/mol. The van der Waals surface area contributed by atoms with Crippen LogP contribution in [-0.4, -0.2) is 39.4 Å². The predicted octanol–water partition coefficient (Wildman–Crippen LogP) is 0.823. The summed E-state index contributed by atoms with van der Waals surface area (Å²) in [6, 6.07) is 0.290. The molecular formula is C12H15N5O. The lowest BCUT2D eigenvalue weighted by molar-refractivity contribution is 0.100. The van der Waals surface area contributed by atoms with Gasteiger partial charge >= 0.3 is 0 Å². The molecule has 0 radical (unpaired) electrons. The Balaban J connectivity index is 2.11. The van der Waals surface area contributed by atoms with Crippen LogP contribution in [0.25, 0.3) is 11.0 Å². The number of carbonyl (C=O) groups excluding carboxylic acids is 1. The number of aromatic amines is 1. The monoisotopic (exact) mass is 245 g/mol. The Bertz CT molecular complexity index is 606. The second-order valence-electron chi connectivity index (χ2n) is 4.71. The molecule has 6 heteroatoms. The number of rotatable bonds is 2. The molecule has 3 heterocycles. The summed E-state index contributed by atoms with van der Waals surface area (Å²) in [5.74, 6) is 0.395. The quantitative estimate of drug-likeness (QED) is 0.820. The number of hydrogen-bond donors (Lipinski definition) is 2. The van der Waals surface area contributed by atoms with Gasteiger partial charge in [0.05, 0.1) is 23.3 Å². The molecule has 0 aliphatic carbocycles. The van der Waals surface area contributed by atoms with Gasteiger partial charge in [0.25, 0.3) is 5.91 Å². The summed E-state index contributed by atoms with van der Waals surface area (Å²) in [5, 5.41) is 0. The number of nitrogens with zero attached hydrogens (tertiary/aromatic N) is 3. The van der Waals surface area contributed by atoms with Crippen LogP contribution in [-0.2, 0) is 0 Å². The van der Waals surface area contributed by atoms with Gasteiger partial charge in [-0.1, -0.05) is 0 Å². The van der Waals surface area contributed by atoms with E-state index < -0.39 is 5.91 Å². The van der Waals surface area contributed by atoms with Crippen LogP contribution in [0.15, 0.2) is 12.4 Å². The SMILES string of the molecule is CN1CCCC1c1nc2c(C(N)=O)cncc2[nH]1. The summed E-state index contributed by atoms with van der Waals surface area (Å²) >= 11 is 0. The molecule has 1 saturated heterocycles. The molecule has 1 unspecified atom stereocenters. The molecule has 1 aliphatic heterocycles. The number of primary amides is 1. The van der Waals surface area contributed by atoms with Crippen molar-refractivity contribution in [2.75, 3.05) is 13.6 Å². The number of nitrogens with two attached hydrogens (primary N) is 1. The third kappa shape index (κ3) is 1.65. The highest BCUT2D eigenvalue weighted by atomic mass is 16.1. The Hall–Kier alpha value is -1.95. The standard InChI is InChI=1S/C12H15N5O/c1-17-4-2-3-9(17)12-15-8-6-14-5-7(11(13)18)10(8)16-12/h5-6,9H,2-4H2,1H3,(H2,13,18)(H,15,16). The number of imidazole rings is 1. The first-order valence-electron chi connectivity index (χ1n) is 6.00. The van der Waals surface area contributed by atoms with Crippen LogP contribution in [0.2, 0.25) is 0 Å². The molecule has 94 valence electrons. The zero-order chi connectivity index (χ0) is 12.7.